The summed E-state index contributed by atoms with van der Waals surface area (Å²) in [6.07, 6.45) is 5.39. The molecule has 20 heavy (non-hydrogen) atoms. The van der Waals surface area contributed by atoms with Crippen molar-refractivity contribution in [2.45, 2.75) is 46.2 Å². The van der Waals surface area contributed by atoms with Crippen molar-refractivity contribution >= 4 is 0 Å². The minimum atomic E-state index is 0.186. The molecule has 0 radical (unpaired) electrons. The van der Waals surface area contributed by atoms with E-state index in [-0.39, 0.29) is 6.04 Å². The maximum absolute atomic E-state index is 4.55. The number of pyridine rings is 1. The fourth-order valence-corrected chi connectivity index (χ4v) is 2.34. The van der Waals surface area contributed by atoms with E-state index in [0.29, 0.717) is 0 Å². The van der Waals surface area contributed by atoms with Gasteiger partial charge < -0.3 is 5.32 Å². The summed E-state index contributed by atoms with van der Waals surface area (Å²) in [6, 6.07) is 4.27. The molecule has 0 saturated heterocycles. The van der Waals surface area contributed by atoms with Gasteiger partial charge in [0.1, 0.15) is 12.2 Å². The minimum absolute atomic E-state index is 0.186. The SMILES string of the molecule is CCCNC(Cc1ncnn1CC)c1ncccc1C. The van der Waals surface area contributed by atoms with Crippen molar-refractivity contribution in [1.29, 1.82) is 0 Å². The molecule has 5 nitrogen and oxygen atoms in total. The lowest BCUT2D eigenvalue weighted by atomic mass is 10.0. The highest BCUT2D eigenvalue weighted by Crippen LogP contribution is 2.18. The summed E-state index contributed by atoms with van der Waals surface area (Å²) in [5.74, 6) is 1.01. The van der Waals surface area contributed by atoms with Crippen LogP contribution >= 0.6 is 0 Å². The van der Waals surface area contributed by atoms with Gasteiger partial charge in [-0.2, -0.15) is 5.10 Å². The quantitative estimate of drug-likeness (QED) is 0.841. The highest BCUT2D eigenvalue weighted by atomic mass is 15.3. The van der Waals surface area contributed by atoms with Crippen LogP contribution in [-0.2, 0) is 13.0 Å². The van der Waals surface area contributed by atoms with Gasteiger partial charge in [0.15, 0.2) is 0 Å². The molecule has 1 unspecified atom stereocenters. The molecule has 108 valence electrons. The third-order valence-corrected chi connectivity index (χ3v) is 3.40. The second-order valence-electron chi connectivity index (χ2n) is 4.91. The topological polar surface area (TPSA) is 55.6 Å². The van der Waals surface area contributed by atoms with Crippen molar-refractivity contribution in [1.82, 2.24) is 25.1 Å². The van der Waals surface area contributed by atoms with Crippen LogP contribution in [0.1, 0.15) is 43.4 Å². The predicted octanol–water partition coefficient (Wildman–Crippen LogP) is 2.28. The third kappa shape index (κ3) is 3.42. The van der Waals surface area contributed by atoms with Gasteiger partial charge in [0.25, 0.3) is 0 Å². The lowest BCUT2D eigenvalue weighted by molar-refractivity contribution is 0.486. The Balaban J connectivity index is 2.22. The van der Waals surface area contributed by atoms with Crippen molar-refractivity contribution in [2.75, 3.05) is 6.54 Å². The van der Waals surface area contributed by atoms with Crippen molar-refractivity contribution < 1.29 is 0 Å². The van der Waals surface area contributed by atoms with E-state index in [0.717, 1.165) is 37.4 Å². The smallest absolute Gasteiger partial charge is 0.138 e. The summed E-state index contributed by atoms with van der Waals surface area (Å²) in [6.45, 7) is 8.17. The lowest BCUT2D eigenvalue weighted by Gasteiger charge is -2.19. The van der Waals surface area contributed by atoms with E-state index in [1.54, 1.807) is 6.33 Å². The van der Waals surface area contributed by atoms with Crippen LogP contribution < -0.4 is 5.32 Å². The summed E-state index contributed by atoms with van der Waals surface area (Å²) in [4.78, 5) is 8.92. The van der Waals surface area contributed by atoms with Crippen LogP contribution in [0.25, 0.3) is 0 Å². The Morgan fingerprint density at radius 1 is 1.30 bits per heavy atom. The van der Waals surface area contributed by atoms with E-state index in [2.05, 4.69) is 47.2 Å². The van der Waals surface area contributed by atoms with E-state index in [1.807, 2.05) is 16.9 Å². The van der Waals surface area contributed by atoms with Crippen LogP contribution in [0, 0.1) is 6.92 Å². The number of hydrogen-bond acceptors (Lipinski definition) is 4. The lowest BCUT2D eigenvalue weighted by Crippen LogP contribution is -2.27. The standard InChI is InChI=1S/C15H23N5/c1-4-8-16-13(15-12(3)7-6-9-17-15)10-14-18-11-19-20(14)5-2/h6-7,9,11,13,16H,4-5,8,10H2,1-3H3. The van der Waals surface area contributed by atoms with E-state index < -0.39 is 0 Å². The van der Waals surface area contributed by atoms with Crippen LogP contribution in [0.15, 0.2) is 24.7 Å². The number of hydrogen-bond donors (Lipinski definition) is 1. The Morgan fingerprint density at radius 2 is 2.15 bits per heavy atom. The number of aryl methyl sites for hydroxylation is 2. The van der Waals surface area contributed by atoms with Gasteiger partial charge in [-0.05, 0) is 38.4 Å². The van der Waals surface area contributed by atoms with Crippen LogP contribution in [0.4, 0.5) is 0 Å². The first-order chi connectivity index (χ1) is 9.76. The Labute approximate surface area is 120 Å². The minimum Gasteiger partial charge on any atom is -0.308 e. The van der Waals surface area contributed by atoms with E-state index in [1.165, 1.54) is 5.56 Å². The molecule has 0 bridgehead atoms. The molecular formula is C15H23N5. The van der Waals surface area contributed by atoms with Crippen LogP contribution in [0.3, 0.4) is 0 Å². The first-order valence-corrected chi connectivity index (χ1v) is 7.27. The molecule has 2 aromatic rings. The van der Waals surface area contributed by atoms with Gasteiger partial charge in [-0.3, -0.25) is 9.67 Å². The van der Waals surface area contributed by atoms with Gasteiger partial charge in [-0.15, -0.1) is 0 Å². The highest BCUT2D eigenvalue weighted by Gasteiger charge is 2.17. The second kappa shape index (κ2) is 7.14. The summed E-state index contributed by atoms with van der Waals surface area (Å²) < 4.78 is 1.94. The van der Waals surface area contributed by atoms with Gasteiger partial charge in [0.2, 0.25) is 0 Å². The van der Waals surface area contributed by atoms with Crippen molar-refractivity contribution in [3.8, 4) is 0 Å². The maximum atomic E-state index is 4.55. The third-order valence-electron chi connectivity index (χ3n) is 3.40. The normalized spacial score (nSPS) is 12.6. The molecule has 0 aliphatic heterocycles. The fraction of sp³-hybridized carbons (Fsp3) is 0.533. The van der Waals surface area contributed by atoms with Gasteiger partial charge in [-0.25, -0.2) is 4.98 Å². The zero-order valence-electron chi connectivity index (χ0n) is 12.5. The zero-order valence-corrected chi connectivity index (χ0v) is 12.5. The Morgan fingerprint density at radius 3 is 2.85 bits per heavy atom. The second-order valence-corrected chi connectivity index (χ2v) is 4.91. The molecule has 0 aliphatic rings. The predicted molar refractivity (Wildman–Crippen MR) is 79.4 cm³/mol. The molecule has 1 N–H and O–H groups in total. The Hall–Kier alpha value is -1.75. The average molecular weight is 273 g/mol. The zero-order chi connectivity index (χ0) is 14.4. The van der Waals surface area contributed by atoms with Gasteiger partial charge >= 0.3 is 0 Å². The number of rotatable bonds is 7. The first-order valence-electron chi connectivity index (χ1n) is 7.27. The highest BCUT2D eigenvalue weighted by molar-refractivity contribution is 5.22. The van der Waals surface area contributed by atoms with Crippen LogP contribution in [0.5, 0.6) is 0 Å². The van der Waals surface area contributed by atoms with Crippen LogP contribution in [-0.4, -0.2) is 26.3 Å². The molecule has 2 heterocycles. The summed E-state index contributed by atoms with van der Waals surface area (Å²) >= 11 is 0. The molecule has 0 saturated carbocycles. The van der Waals surface area contributed by atoms with Gasteiger partial charge in [-0.1, -0.05) is 13.0 Å². The molecule has 5 heteroatoms. The average Bonchev–Trinajstić information content (AvgIpc) is 2.91. The molecule has 2 aromatic heterocycles. The summed E-state index contributed by atoms with van der Waals surface area (Å²) in [7, 11) is 0. The van der Waals surface area contributed by atoms with Crippen molar-refractivity contribution in [3.63, 3.8) is 0 Å². The molecule has 0 amide bonds. The first kappa shape index (κ1) is 14.7. The number of aromatic nitrogens is 4. The van der Waals surface area contributed by atoms with E-state index >= 15 is 0 Å². The largest absolute Gasteiger partial charge is 0.308 e. The number of nitrogens with zero attached hydrogens (tertiary/aromatic N) is 4. The van der Waals surface area contributed by atoms with Crippen molar-refractivity contribution in [3.05, 3.63) is 41.7 Å². The van der Waals surface area contributed by atoms with Gasteiger partial charge in [0.05, 0.1) is 11.7 Å². The van der Waals surface area contributed by atoms with Gasteiger partial charge in [0, 0.05) is 19.2 Å². The Kier molecular flexibility index (Phi) is 5.24. The fourth-order valence-electron chi connectivity index (χ4n) is 2.34. The van der Waals surface area contributed by atoms with Crippen molar-refractivity contribution in [2.24, 2.45) is 0 Å². The Bertz CT molecular complexity index is 535. The monoisotopic (exact) mass is 273 g/mol. The van der Waals surface area contributed by atoms with Crippen LogP contribution in [0.2, 0.25) is 0 Å². The molecule has 0 aliphatic carbocycles. The molecular weight excluding hydrogens is 250 g/mol. The molecule has 0 spiro atoms. The van der Waals surface area contributed by atoms with E-state index in [4.69, 9.17) is 0 Å². The van der Waals surface area contributed by atoms with E-state index in [9.17, 15) is 0 Å². The molecule has 0 aromatic carbocycles. The maximum Gasteiger partial charge on any atom is 0.138 e. The summed E-state index contributed by atoms with van der Waals surface area (Å²) in [5.41, 5.74) is 2.32. The number of nitrogens with one attached hydrogen (secondary N) is 1. The molecule has 2 rings (SSSR count). The summed E-state index contributed by atoms with van der Waals surface area (Å²) in [5, 5.41) is 7.81. The molecule has 0 fully saturated rings. The molecule has 1 atom stereocenters.